The van der Waals surface area contributed by atoms with Crippen molar-refractivity contribution in [1.82, 2.24) is 57.7 Å². The summed E-state index contributed by atoms with van der Waals surface area (Å²) >= 11 is 4.76. The van der Waals surface area contributed by atoms with Gasteiger partial charge in [-0.05, 0) is 18.6 Å². The molecule has 0 aromatic heterocycles. The number of hydrogen-bond acceptors (Lipinski definition) is 41. The number of nitrogens with zero attached hydrogens (tertiary/aromatic N) is 2. The third-order valence-corrected chi connectivity index (χ3v) is 20.0. The number of rotatable bonds is 57. The van der Waals surface area contributed by atoms with Gasteiger partial charge in [-0.2, -0.15) is 0 Å². The van der Waals surface area contributed by atoms with E-state index in [2.05, 4.69) is 52.4 Å². The average Bonchev–Trinajstić information content (AvgIpc) is 0.818. The Kier molecular flexibility index (Phi) is 49.0. The monoisotopic (exact) mass is 1830 g/mol. The first-order valence-electron chi connectivity index (χ1n) is 39.2. The average molecular weight is 1830 g/mol. The van der Waals surface area contributed by atoms with Crippen molar-refractivity contribution in [3.05, 3.63) is 23.8 Å². The molecule has 21 N–H and O–H groups in total. The Labute approximate surface area is 716 Å². The maximum absolute atomic E-state index is 14.3. The normalized spacial score (nSPS) is 26.6. The third-order valence-electron chi connectivity index (χ3n) is 18.3. The molecule has 5 rings (SSSR count). The molecule has 0 bridgehead atoms. The second-order valence-electron chi connectivity index (χ2n) is 27.9. The van der Waals surface area contributed by atoms with Gasteiger partial charge in [-0.15, -0.1) is 0 Å². The minimum Gasteiger partial charge on any atom is -0.780 e. The molecule has 1 aromatic carbocycles. The van der Waals surface area contributed by atoms with E-state index in [9.17, 15) is 119 Å². The SMILES string of the molecule is COP([O-])(=S)OCCCNC(=O)c1cc(OCC(=O)N(CC(=O)NCCOCCOC2OC(CO)C(O)C(O)C2NC(C)=O)CC(=O)NCCOCCOC2OC(CO)C(O)C(O)C2NC(C)=O)cc(OCC(=O)N(CC(=O)NCCOCCOC2OC(CO)C(O)C(O)C2NC(C)=O)CC(=O)NCCOCCOC2OC(CO)C(O)C(O)C2NC(C)=O)c1. The molecule has 4 aliphatic heterocycles. The van der Waals surface area contributed by atoms with E-state index >= 15 is 0 Å². The molecule has 4 aliphatic rings. The van der Waals surface area contributed by atoms with Crippen LogP contribution in [0.3, 0.4) is 0 Å². The quantitative estimate of drug-likeness (QED) is 0.0213. The third kappa shape index (κ3) is 37.5. The number of carbonyl (C=O) groups excluding carboxylic acids is 11. The van der Waals surface area contributed by atoms with Crippen molar-refractivity contribution in [2.24, 2.45) is 0 Å². The molecule has 51 nitrogen and oxygen atoms in total. The van der Waals surface area contributed by atoms with Gasteiger partial charge in [-0.1, -0.05) is 11.8 Å². The number of aliphatic hydroxyl groups excluding tert-OH is 12. The lowest BCUT2D eigenvalue weighted by Crippen LogP contribution is -2.64. The summed E-state index contributed by atoms with van der Waals surface area (Å²) in [4.78, 5) is 158. The zero-order valence-corrected chi connectivity index (χ0v) is 70.5. The van der Waals surface area contributed by atoms with Crippen LogP contribution in [0.2, 0.25) is 0 Å². The molecule has 21 unspecified atom stereocenters. The molecule has 21 atom stereocenters. The van der Waals surface area contributed by atoms with E-state index in [1.807, 2.05) is 0 Å². The van der Waals surface area contributed by atoms with Gasteiger partial charge in [0.15, 0.2) is 38.4 Å². The van der Waals surface area contributed by atoms with E-state index in [4.69, 9.17) is 82.6 Å². The Morgan fingerprint density at radius 3 is 0.919 bits per heavy atom. The Balaban J connectivity index is 1.30. The number of nitrogens with one attached hydrogen (secondary N) is 9. The van der Waals surface area contributed by atoms with Crippen LogP contribution < -0.4 is 62.2 Å². The minimum atomic E-state index is -3.84. The topological polar surface area (TPSA) is 716 Å². The Hall–Kier alpha value is -7.44. The molecule has 4 saturated heterocycles. The molecule has 0 radical (unpaired) electrons. The highest BCUT2D eigenvalue weighted by molar-refractivity contribution is 8.06. The van der Waals surface area contributed by atoms with Crippen molar-refractivity contribution in [3.8, 4) is 11.5 Å². The van der Waals surface area contributed by atoms with Gasteiger partial charge in [-0.25, -0.2) is 0 Å². The minimum absolute atomic E-state index is 0.0348. The van der Waals surface area contributed by atoms with E-state index in [0.717, 1.165) is 62.8 Å². The summed E-state index contributed by atoms with van der Waals surface area (Å²) in [5, 5.41) is 145. The van der Waals surface area contributed by atoms with Gasteiger partial charge in [0.1, 0.15) is 142 Å². The van der Waals surface area contributed by atoms with E-state index in [0.29, 0.717) is 0 Å². The van der Waals surface area contributed by atoms with E-state index < -0.39 is 260 Å². The van der Waals surface area contributed by atoms with Crippen molar-refractivity contribution in [3.63, 3.8) is 0 Å². The van der Waals surface area contributed by atoms with Crippen molar-refractivity contribution < 1.29 is 194 Å². The molecular weight excluding hydrogens is 1710 g/mol. The molecule has 4 fully saturated rings. The van der Waals surface area contributed by atoms with E-state index in [1.54, 1.807) is 0 Å². The van der Waals surface area contributed by atoms with Gasteiger partial charge in [0.05, 0.1) is 112 Å². The molecule has 124 heavy (non-hydrogen) atoms. The van der Waals surface area contributed by atoms with Crippen LogP contribution in [-0.2, 0) is 126 Å². The number of ether oxygens (including phenoxy) is 14. The van der Waals surface area contributed by atoms with Crippen molar-refractivity contribution >= 4 is 83.5 Å². The van der Waals surface area contributed by atoms with E-state index in [-0.39, 0.29) is 142 Å². The number of aliphatic hydroxyl groups is 12. The lowest BCUT2D eigenvalue weighted by Gasteiger charge is -2.42. The highest BCUT2D eigenvalue weighted by atomic mass is 32.5. The maximum Gasteiger partial charge on any atom is 0.261 e. The van der Waals surface area contributed by atoms with Crippen LogP contribution in [0.1, 0.15) is 44.5 Å². The zero-order chi connectivity index (χ0) is 91.6. The Morgan fingerprint density at radius 1 is 0.395 bits per heavy atom. The fourth-order valence-electron chi connectivity index (χ4n) is 12.1. The highest BCUT2D eigenvalue weighted by Crippen LogP contribution is 2.37. The summed E-state index contributed by atoms with van der Waals surface area (Å²) in [6, 6.07) is -1.57. The van der Waals surface area contributed by atoms with Gasteiger partial charge < -0.3 is 199 Å². The van der Waals surface area contributed by atoms with Gasteiger partial charge in [0.25, 0.3) is 17.7 Å². The molecule has 0 spiro atoms. The fourth-order valence-corrected chi connectivity index (χ4v) is 12.8. The maximum atomic E-state index is 14.3. The van der Waals surface area contributed by atoms with Crippen LogP contribution in [0.15, 0.2) is 18.2 Å². The van der Waals surface area contributed by atoms with Crippen LogP contribution in [0.5, 0.6) is 11.5 Å². The predicted octanol–water partition coefficient (Wildman–Crippen LogP) is -14.2. The van der Waals surface area contributed by atoms with Crippen molar-refractivity contribution in [1.29, 1.82) is 0 Å². The predicted molar refractivity (Wildman–Crippen MR) is 415 cm³/mol. The molecular formula is C71H117N11O40PS-. The lowest BCUT2D eigenvalue weighted by atomic mass is 9.97. The second kappa shape index (κ2) is 56.7. The van der Waals surface area contributed by atoms with Crippen molar-refractivity contribution in [2.75, 3.05) is 192 Å². The largest absolute Gasteiger partial charge is 0.780 e. The Morgan fingerprint density at radius 2 is 0.669 bits per heavy atom. The molecule has 1 aromatic rings. The number of hydrogen-bond donors (Lipinski definition) is 21. The van der Waals surface area contributed by atoms with Crippen LogP contribution in [-0.4, -0.2) is 450 Å². The summed E-state index contributed by atoms with van der Waals surface area (Å²) < 4.78 is 88.5. The molecule has 0 saturated carbocycles. The second-order valence-corrected chi connectivity index (χ2v) is 30.8. The van der Waals surface area contributed by atoms with Gasteiger partial charge >= 0.3 is 0 Å². The standard InChI is InChI=1S/C71H118N11O40PS/c1-38(87)77-55-63(101)59(97)45(32-83)119-68(55)112-21-17-108-13-8-72-49(91)28-81(29-50(92)73-9-14-109-18-22-113-69-56(78-39(2)88)64(102)60(98)46(33-84)120-69)53(95)36-116-43-25-42(67(105)76-7-6-12-118-123(106,124)107-5)26-44(27-43)117-37-54(96)82(30-51(93)74-10-15-110-19-23-114-70-57(79-40(3)89)65(103)61(99)47(34-85)121-70)31-52(94)75-11-16-111-20-24-115-71-58(80-41(4)90)66(104)62(100)48(35-86)122-71/h25-27,45-48,55-66,68-71,83-86,97-104H,6-24,28-37H2,1-5H3,(H,72,91)(H,73,92)(H,74,93)(H,75,94)(H,76,105)(H,77,87)(H,78,88)(H,79,89)(H,80,90)(H,106,124)/p-1. The molecule has 708 valence electrons. The van der Waals surface area contributed by atoms with Crippen LogP contribution in [0, 0.1) is 0 Å². The van der Waals surface area contributed by atoms with Crippen LogP contribution in [0.25, 0.3) is 0 Å². The summed E-state index contributed by atoms with van der Waals surface area (Å²) in [5.74, 6) is -9.22. The lowest BCUT2D eigenvalue weighted by molar-refractivity contribution is -0.272. The fraction of sp³-hybridized carbons (Fsp3) is 0.761. The summed E-state index contributed by atoms with van der Waals surface area (Å²) in [6.07, 6.45) is -23.0. The van der Waals surface area contributed by atoms with Gasteiger partial charge in [0.2, 0.25) is 47.3 Å². The smallest absolute Gasteiger partial charge is 0.261 e. The zero-order valence-electron chi connectivity index (χ0n) is 68.8. The van der Waals surface area contributed by atoms with Crippen molar-refractivity contribution in [2.45, 2.75) is 157 Å². The highest BCUT2D eigenvalue weighted by Gasteiger charge is 2.49. The number of carbonyl (C=O) groups is 11. The van der Waals surface area contributed by atoms with Gasteiger partial charge in [0, 0.05) is 79.2 Å². The summed E-state index contributed by atoms with van der Waals surface area (Å²) in [6.45, 7) is -10.6. The molecule has 4 heterocycles. The summed E-state index contributed by atoms with van der Waals surface area (Å²) in [7, 11) is 1.08. The van der Waals surface area contributed by atoms with Crippen LogP contribution >= 0.6 is 6.72 Å². The molecule has 53 heteroatoms. The van der Waals surface area contributed by atoms with Gasteiger partial charge in [-0.3, -0.25) is 52.7 Å². The van der Waals surface area contributed by atoms with Crippen LogP contribution in [0.4, 0.5) is 0 Å². The first-order valence-corrected chi connectivity index (χ1v) is 41.8. The summed E-state index contributed by atoms with van der Waals surface area (Å²) in [5.41, 5.74) is -0.248. The number of amides is 11. The molecule has 11 amide bonds. The first-order chi connectivity index (χ1) is 59.0. The Bertz CT molecular complexity index is 3190. The number of benzene rings is 1. The van der Waals surface area contributed by atoms with E-state index in [1.165, 1.54) is 0 Å². The first kappa shape index (κ1) is 107. The molecule has 0 aliphatic carbocycles.